The van der Waals surface area contributed by atoms with Crippen molar-refractivity contribution in [1.82, 2.24) is 5.32 Å². The summed E-state index contributed by atoms with van der Waals surface area (Å²) in [6, 6.07) is 0. The van der Waals surface area contributed by atoms with E-state index in [-0.39, 0.29) is 12.2 Å². The van der Waals surface area contributed by atoms with Crippen LogP contribution in [0.1, 0.15) is 46.5 Å². The van der Waals surface area contributed by atoms with E-state index in [1.807, 2.05) is 0 Å². The summed E-state index contributed by atoms with van der Waals surface area (Å²) in [7, 11) is 0. The summed E-state index contributed by atoms with van der Waals surface area (Å²) in [4.78, 5) is 23.5. The minimum absolute atomic E-state index is 0.0514. The van der Waals surface area contributed by atoms with Gasteiger partial charge in [-0.15, -0.1) is 6.42 Å². The molecule has 0 bridgehead atoms. The number of ether oxygens (including phenoxy) is 1. The first kappa shape index (κ1) is 13.6. The smallest absolute Gasteiger partial charge is 0.408 e. The van der Waals surface area contributed by atoms with Crippen LogP contribution < -0.4 is 5.32 Å². The van der Waals surface area contributed by atoms with Crippen LogP contribution in [0.5, 0.6) is 0 Å². The molecule has 17 heavy (non-hydrogen) atoms. The van der Waals surface area contributed by atoms with Crippen molar-refractivity contribution in [1.29, 1.82) is 0 Å². The Morgan fingerprint density at radius 2 is 2.00 bits per heavy atom. The first-order valence-electron chi connectivity index (χ1n) is 5.77. The maximum Gasteiger partial charge on any atom is 0.408 e. The maximum absolute atomic E-state index is 11.8. The van der Waals surface area contributed by atoms with Gasteiger partial charge >= 0.3 is 6.09 Å². The van der Waals surface area contributed by atoms with E-state index in [0.717, 1.165) is 6.42 Å². The zero-order chi connectivity index (χ0) is 13.1. The molecule has 4 heteroatoms. The summed E-state index contributed by atoms with van der Waals surface area (Å²) in [6.45, 7) is 5.34. The zero-order valence-electron chi connectivity index (χ0n) is 10.6. The van der Waals surface area contributed by atoms with Crippen LogP contribution in [0.2, 0.25) is 0 Å². The van der Waals surface area contributed by atoms with Gasteiger partial charge in [-0.2, -0.15) is 0 Å². The van der Waals surface area contributed by atoms with E-state index in [4.69, 9.17) is 11.2 Å². The van der Waals surface area contributed by atoms with Gasteiger partial charge in [-0.25, -0.2) is 4.79 Å². The Hall–Kier alpha value is -1.50. The number of amides is 1. The summed E-state index contributed by atoms with van der Waals surface area (Å²) in [5, 5.41) is 2.66. The minimum Gasteiger partial charge on any atom is -0.444 e. The van der Waals surface area contributed by atoms with Crippen molar-refractivity contribution in [2.45, 2.75) is 57.6 Å². The number of hydrogen-bond acceptors (Lipinski definition) is 3. The standard InChI is InChI=1S/C13H19NO3/c1-5-7-10(15)13(8-6-9-13)14-11(16)17-12(2,3)4/h1H,6-9H2,2-4H3,(H,14,16). The summed E-state index contributed by atoms with van der Waals surface area (Å²) < 4.78 is 5.14. The van der Waals surface area contributed by atoms with Crippen LogP contribution >= 0.6 is 0 Å². The topological polar surface area (TPSA) is 55.4 Å². The molecule has 0 radical (unpaired) electrons. The quantitative estimate of drug-likeness (QED) is 0.764. The van der Waals surface area contributed by atoms with Gasteiger partial charge in [0.05, 0.1) is 6.42 Å². The van der Waals surface area contributed by atoms with E-state index in [2.05, 4.69) is 11.2 Å². The van der Waals surface area contributed by atoms with Gasteiger partial charge in [0.15, 0.2) is 5.78 Å². The highest BCUT2D eigenvalue weighted by atomic mass is 16.6. The molecule has 0 unspecified atom stereocenters. The number of hydrogen-bond donors (Lipinski definition) is 1. The molecule has 1 fully saturated rings. The van der Waals surface area contributed by atoms with Crippen LogP contribution in [0.4, 0.5) is 4.79 Å². The number of ketones is 1. The van der Waals surface area contributed by atoms with Crippen LogP contribution in [0.3, 0.4) is 0 Å². The molecule has 1 rings (SSSR count). The minimum atomic E-state index is -0.783. The van der Waals surface area contributed by atoms with Crippen molar-refractivity contribution >= 4 is 11.9 Å². The summed E-state index contributed by atoms with van der Waals surface area (Å²) in [6.07, 6.45) is 6.83. The van der Waals surface area contributed by atoms with Gasteiger partial charge in [-0.1, -0.05) is 5.92 Å². The molecule has 0 saturated heterocycles. The predicted octanol–water partition coefficient (Wildman–Crippen LogP) is 2.03. The molecule has 0 aliphatic heterocycles. The van der Waals surface area contributed by atoms with Gasteiger partial charge in [0.2, 0.25) is 0 Å². The lowest BCUT2D eigenvalue weighted by Gasteiger charge is -2.40. The first-order valence-corrected chi connectivity index (χ1v) is 5.77. The van der Waals surface area contributed by atoms with Crippen molar-refractivity contribution < 1.29 is 14.3 Å². The SMILES string of the molecule is C#CCC(=O)C1(NC(=O)OC(C)(C)C)CCC1. The highest BCUT2D eigenvalue weighted by molar-refractivity contribution is 5.94. The summed E-state index contributed by atoms with van der Waals surface area (Å²) in [5.41, 5.74) is -1.35. The average molecular weight is 237 g/mol. The number of carbonyl (C=O) groups excluding carboxylic acids is 2. The third-order valence-corrected chi connectivity index (χ3v) is 2.74. The van der Waals surface area contributed by atoms with Crippen molar-refractivity contribution in [2.75, 3.05) is 0 Å². The second kappa shape index (κ2) is 4.79. The Morgan fingerprint density at radius 1 is 1.41 bits per heavy atom. The fourth-order valence-electron chi connectivity index (χ4n) is 1.76. The molecule has 0 aromatic heterocycles. The van der Waals surface area contributed by atoms with E-state index in [9.17, 15) is 9.59 Å². The number of carbonyl (C=O) groups is 2. The van der Waals surface area contributed by atoms with Crippen molar-refractivity contribution in [3.8, 4) is 12.3 Å². The van der Waals surface area contributed by atoms with Crippen LogP contribution in [0.15, 0.2) is 0 Å². The van der Waals surface area contributed by atoms with Crippen LogP contribution in [0, 0.1) is 12.3 Å². The molecular formula is C13H19NO3. The first-order chi connectivity index (χ1) is 7.79. The number of terminal acetylenes is 1. The molecule has 0 atom stereocenters. The van der Waals surface area contributed by atoms with Gasteiger partial charge in [-0.05, 0) is 40.0 Å². The molecular weight excluding hydrogens is 218 g/mol. The molecule has 1 aliphatic carbocycles. The second-order valence-corrected chi connectivity index (χ2v) is 5.37. The van der Waals surface area contributed by atoms with Gasteiger partial charge in [0.1, 0.15) is 11.1 Å². The van der Waals surface area contributed by atoms with Crippen LogP contribution in [0.25, 0.3) is 0 Å². The molecule has 0 aromatic rings. The van der Waals surface area contributed by atoms with Crippen molar-refractivity contribution in [2.24, 2.45) is 0 Å². The van der Waals surface area contributed by atoms with Gasteiger partial charge < -0.3 is 10.1 Å². The lowest BCUT2D eigenvalue weighted by atomic mass is 9.73. The Balaban J connectivity index is 2.61. The number of nitrogens with one attached hydrogen (secondary N) is 1. The molecule has 0 spiro atoms. The third kappa shape index (κ3) is 3.48. The Labute approximate surface area is 102 Å². The number of Topliss-reactive ketones (excluding diaryl/α,β-unsaturated/α-hetero) is 1. The Bertz CT molecular complexity index is 356. The highest BCUT2D eigenvalue weighted by Gasteiger charge is 2.45. The molecule has 1 N–H and O–H groups in total. The predicted molar refractivity (Wildman–Crippen MR) is 64.4 cm³/mol. The summed E-state index contributed by atoms with van der Waals surface area (Å²) in [5.74, 6) is 2.22. The number of alkyl carbamates (subject to hydrolysis) is 1. The molecule has 0 aromatic carbocycles. The molecule has 1 aliphatic rings. The van der Waals surface area contributed by atoms with E-state index >= 15 is 0 Å². The second-order valence-electron chi connectivity index (χ2n) is 5.37. The average Bonchev–Trinajstić information content (AvgIpc) is 2.08. The summed E-state index contributed by atoms with van der Waals surface area (Å²) >= 11 is 0. The van der Waals surface area contributed by atoms with E-state index in [0.29, 0.717) is 12.8 Å². The van der Waals surface area contributed by atoms with Crippen LogP contribution in [-0.2, 0) is 9.53 Å². The molecule has 0 heterocycles. The van der Waals surface area contributed by atoms with Crippen molar-refractivity contribution in [3.63, 3.8) is 0 Å². The molecule has 94 valence electrons. The Kier molecular flexibility index (Phi) is 3.82. The van der Waals surface area contributed by atoms with Gasteiger partial charge in [0.25, 0.3) is 0 Å². The van der Waals surface area contributed by atoms with E-state index in [1.165, 1.54) is 0 Å². The lowest BCUT2D eigenvalue weighted by Crippen LogP contribution is -2.59. The molecule has 1 amide bonds. The highest BCUT2D eigenvalue weighted by Crippen LogP contribution is 2.33. The largest absolute Gasteiger partial charge is 0.444 e. The van der Waals surface area contributed by atoms with E-state index in [1.54, 1.807) is 20.8 Å². The molecule has 1 saturated carbocycles. The Morgan fingerprint density at radius 3 is 2.35 bits per heavy atom. The van der Waals surface area contributed by atoms with Crippen molar-refractivity contribution in [3.05, 3.63) is 0 Å². The van der Waals surface area contributed by atoms with E-state index < -0.39 is 17.2 Å². The van der Waals surface area contributed by atoms with Gasteiger partial charge in [0, 0.05) is 0 Å². The fraction of sp³-hybridized carbons (Fsp3) is 0.692. The van der Waals surface area contributed by atoms with Gasteiger partial charge in [-0.3, -0.25) is 4.79 Å². The molecule has 4 nitrogen and oxygen atoms in total. The zero-order valence-corrected chi connectivity index (χ0v) is 10.6. The third-order valence-electron chi connectivity index (χ3n) is 2.74. The monoisotopic (exact) mass is 237 g/mol. The fourth-order valence-corrected chi connectivity index (χ4v) is 1.76. The lowest BCUT2D eigenvalue weighted by molar-refractivity contribution is -0.127. The normalized spacial score (nSPS) is 17.5. The van der Waals surface area contributed by atoms with Crippen LogP contribution in [-0.4, -0.2) is 23.0 Å². The number of rotatable bonds is 3. The maximum atomic E-state index is 11.8.